The molecule has 1 atom stereocenters. The van der Waals surface area contributed by atoms with Crippen molar-refractivity contribution in [3.63, 3.8) is 0 Å². The number of hydrogen-bond acceptors (Lipinski definition) is 4. The highest BCUT2D eigenvalue weighted by Gasteiger charge is 2.18. The number of halogens is 1. The molecule has 0 unspecified atom stereocenters. The zero-order valence-electron chi connectivity index (χ0n) is 13.6. The van der Waals surface area contributed by atoms with Crippen molar-refractivity contribution in [2.24, 2.45) is 0 Å². The molecule has 3 N–H and O–H groups in total. The first kappa shape index (κ1) is 15.4. The van der Waals surface area contributed by atoms with Gasteiger partial charge in [0.2, 0.25) is 5.95 Å². The average molecular weight is 342 g/mol. The first-order valence-corrected chi connectivity index (χ1v) is 8.67. The maximum absolute atomic E-state index is 6.42. The fourth-order valence-electron chi connectivity index (χ4n) is 3.35. The number of nitrogens with zero attached hydrogens (tertiary/aromatic N) is 2. The van der Waals surface area contributed by atoms with E-state index in [1.54, 1.807) is 6.20 Å². The Labute approximate surface area is 145 Å². The number of aromatic nitrogens is 3. The third-order valence-electron chi connectivity index (χ3n) is 4.50. The Hall–Kier alpha value is -2.11. The third kappa shape index (κ3) is 2.85. The zero-order chi connectivity index (χ0) is 16.5. The molecule has 124 valence electrons. The molecule has 6 heteroatoms. The molecule has 1 saturated heterocycles. The monoisotopic (exact) mass is 341 g/mol. The molecule has 24 heavy (non-hydrogen) atoms. The molecule has 0 aliphatic carbocycles. The van der Waals surface area contributed by atoms with Crippen molar-refractivity contribution < 1.29 is 0 Å². The van der Waals surface area contributed by atoms with Crippen molar-refractivity contribution in [3.05, 3.63) is 41.2 Å². The van der Waals surface area contributed by atoms with Crippen LogP contribution in [0.1, 0.15) is 18.5 Å². The van der Waals surface area contributed by atoms with Gasteiger partial charge in [-0.1, -0.05) is 29.8 Å². The van der Waals surface area contributed by atoms with E-state index in [9.17, 15) is 0 Å². The van der Waals surface area contributed by atoms with Gasteiger partial charge >= 0.3 is 0 Å². The van der Waals surface area contributed by atoms with Crippen molar-refractivity contribution in [1.29, 1.82) is 0 Å². The summed E-state index contributed by atoms with van der Waals surface area (Å²) in [6.45, 7) is 4.07. The lowest BCUT2D eigenvalue weighted by atomic mass is 10.1. The van der Waals surface area contributed by atoms with E-state index >= 15 is 0 Å². The molecule has 0 radical (unpaired) electrons. The van der Waals surface area contributed by atoms with E-state index in [0.717, 1.165) is 47.4 Å². The number of hydrogen-bond donors (Lipinski definition) is 3. The van der Waals surface area contributed by atoms with Crippen LogP contribution in [0.25, 0.3) is 22.2 Å². The Morgan fingerprint density at radius 2 is 2.17 bits per heavy atom. The molecule has 2 aromatic heterocycles. The minimum Gasteiger partial charge on any atom is -0.358 e. The standard InChI is InChI=1S/C18H20ClN5/c1-11-16(13-6-2-3-7-15(13)22-11)17-14(19)10-21-18(24-17)23-12-5-4-8-20-9-12/h2-3,6-7,10,12,20,22H,4-5,8-9H2,1H3,(H,21,23,24)/t12-/m0/s1. The molecule has 1 aromatic carbocycles. The normalized spacial score (nSPS) is 18.0. The molecule has 3 heterocycles. The minimum atomic E-state index is 0.358. The lowest BCUT2D eigenvalue weighted by Crippen LogP contribution is -2.38. The van der Waals surface area contributed by atoms with Crippen molar-refractivity contribution in [3.8, 4) is 11.3 Å². The summed E-state index contributed by atoms with van der Waals surface area (Å²) in [7, 11) is 0. The minimum absolute atomic E-state index is 0.358. The highest BCUT2D eigenvalue weighted by atomic mass is 35.5. The second-order valence-electron chi connectivity index (χ2n) is 6.25. The van der Waals surface area contributed by atoms with Crippen molar-refractivity contribution >= 4 is 28.5 Å². The number of para-hydroxylation sites is 1. The van der Waals surface area contributed by atoms with Crippen LogP contribution >= 0.6 is 11.6 Å². The molecule has 1 aliphatic heterocycles. The first-order valence-electron chi connectivity index (χ1n) is 8.30. The quantitative estimate of drug-likeness (QED) is 0.678. The Morgan fingerprint density at radius 3 is 3.00 bits per heavy atom. The van der Waals surface area contributed by atoms with Crippen LogP contribution in [0.2, 0.25) is 5.02 Å². The molecular weight excluding hydrogens is 322 g/mol. The van der Waals surface area contributed by atoms with Gasteiger partial charge in [-0.25, -0.2) is 9.97 Å². The fourth-order valence-corrected chi connectivity index (χ4v) is 3.54. The Bertz CT molecular complexity index is 867. The number of rotatable bonds is 3. The van der Waals surface area contributed by atoms with Crippen LogP contribution in [0.15, 0.2) is 30.5 Å². The number of anilines is 1. The number of piperidine rings is 1. The van der Waals surface area contributed by atoms with Crippen molar-refractivity contribution in [2.45, 2.75) is 25.8 Å². The predicted molar refractivity (Wildman–Crippen MR) is 98.6 cm³/mol. The number of H-pyrrole nitrogens is 1. The number of fused-ring (bicyclic) bond motifs is 1. The van der Waals surface area contributed by atoms with Gasteiger partial charge in [0.25, 0.3) is 0 Å². The summed E-state index contributed by atoms with van der Waals surface area (Å²) in [5.41, 5.74) is 3.96. The largest absolute Gasteiger partial charge is 0.358 e. The van der Waals surface area contributed by atoms with Crippen LogP contribution in [0, 0.1) is 6.92 Å². The van der Waals surface area contributed by atoms with Gasteiger partial charge in [-0.2, -0.15) is 0 Å². The Balaban J connectivity index is 1.74. The van der Waals surface area contributed by atoms with E-state index < -0.39 is 0 Å². The zero-order valence-corrected chi connectivity index (χ0v) is 14.3. The molecule has 0 saturated carbocycles. The topological polar surface area (TPSA) is 65.6 Å². The molecule has 1 aliphatic rings. The summed E-state index contributed by atoms with van der Waals surface area (Å²) in [6, 6.07) is 8.56. The highest BCUT2D eigenvalue weighted by molar-refractivity contribution is 6.33. The first-order chi connectivity index (χ1) is 11.7. The van der Waals surface area contributed by atoms with Crippen molar-refractivity contribution in [1.82, 2.24) is 20.3 Å². The van der Waals surface area contributed by atoms with Crippen molar-refractivity contribution in [2.75, 3.05) is 18.4 Å². The number of nitrogens with one attached hydrogen (secondary N) is 3. The van der Waals surface area contributed by atoms with Crippen LogP contribution in [0.4, 0.5) is 5.95 Å². The SMILES string of the molecule is Cc1[nH]c2ccccc2c1-c1nc(N[C@H]2CCCNC2)ncc1Cl. The molecule has 3 aromatic rings. The van der Waals surface area contributed by atoms with E-state index in [-0.39, 0.29) is 0 Å². The van der Waals surface area contributed by atoms with Gasteiger partial charge in [-0.05, 0) is 32.4 Å². The van der Waals surface area contributed by atoms with Gasteiger partial charge in [-0.3, -0.25) is 0 Å². The van der Waals surface area contributed by atoms with E-state index in [4.69, 9.17) is 16.6 Å². The lowest BCUT2D eigenvalue weighted by molar-refractivity contribution is 0.478. The molecule has 0 bridgehead atoms. The van der Waals surface area contributed by atoms with Crippen LogP contribution < -0.4 is 10.6 Å². The third-order valence-corrected chi connectivity index (χ3v) is 4.78. The number of aryl methyl sites for hydroxylation is 1. The second kappa shape index (κ2) is 6.42. The summed E-state index contributed by atoms with van der Waals surface area (Å²) < 4.78 is 0. The maximum atomic E-state index is 6.42. The Kier molecular flexibility index (Phi) is 4.12. The van der Waals surface area contributed by atoms with Gasteiger partial charge in [0.1, 0.15) is 0 Å². The van der Waals surface area contributed by atoms with Crippen LogP contribution in [0.3, 0.4) is 0 Å². The van der Waals surface area contributed by atoms with Gasteiger partial charge in [0, 0.05) is 34.7 Å². The highest BCUT2D eigenvalue weighted by Crippen LogP contribution is 2.35. The summed E-state index contributed by atoms with van der Waals surface area (Å²) in [5.74, 6) is 0.632. The molecule has 5 nitrogen and oxygen atoms in total. The van der Waals surface area contributed by atoms with Crippen LogP contribution in [-0.4, -0.2) is 34.1 Å². The average Bonchev–Trinajstić information content (AvgIpc) is 2.93. The van der Waals surface area contributed by atoms with E-state index in [0.29, 0.717) is 17.0 Å². The smallest absolute Gasteiger partial charge is 0.223 e. The van der Waals surface area contributed by atoms with E-state index in [2.05, 4.69) is 32.7 Å². The second-order valence-corrected chi connectivity index (χ2v) is 6.66. The number of benzene rings is 1. The number of aromatic amines is 1. The Morgan fingerprint density at radius 1 is 1.29 bits per heavy atom. The fraction of sp³-hybridized carbons (Fsp3) is 0.333. The summed E-state index contributed by atoms with van der Waals surface area (Å²) in [6.07, 6.45) is 3.98. The molecular formula is C18H20ClN5. The van der Waals surface area contributed by atoms with E-state index in [1.165, 1.54) is 6.42 Å². The van der Waals surface area contributed by atoms with E-state index in [1.807, 2.05) is 19.1 Å². The summed E-state index contributed by atoms with van der Waals surface area (Å²) in [5, 5.41) is 8.51. The summed E-state index contributed by atoms with van der Waals surface area (Å²) >= 11 is 6.42. The molecule has 0 amide bonds. The molecule has 4 rings (SSSR count). The van der Waals surface area contributed by atoms with Gasteiger partial charge < -0.3 is 15.6 Å². The van der Waals surface area contributed by atoms with Gasteiger partial charge in [0.15, 0.2) is 0 Å². The lowest BCUT2D eigenvalue weighted by Gasteiger charge is -2.23. The maximum Gasteiger partial charge on any atom is 0.223 e. The predicted octanol–water partition coefficient (Wildman–Crippen LogP) is 3.75. The van der Waals surface area contributed by atoms with Gasteiger partial charge in [-0.15, -0.1) is 0 Å². The van der Waals surface area contributed by atoms with Crippen LogP contribution in [-0.2, 0) is 0 Å². The molecule has 1 fully saturated rings. The summed E-state index contributed by atoms with van der Waals surface area (Å²) in [4.78, 5) is 12.5. The van der Waals surface area contributed by atoms with Crippen LogP contribution in [0.5, 0.6) is 0 Å². The molecule has 0 spiro atoms. The van der Waals surface area contributed by atoms with Gasteiger partial charge in [0.05, 0.1) is 16.9 Å².